The van der Waals surface area contributed by atoms with Gasteiger partial charge in [0.15, 0.2) is 0 Å². The third-order valence-corrected chi connectivity index (χ3v) is 5.95. The Labute approximate surface area is 154 Å². The molecule has 5 heteroatoms. The molecule has 1 unspecified atom stereocenters. The van der Waals surface area contributed by atoms with Gasteiger partial charge >= 0.3 is 0 Å². The molecule has 0 bridgehead atoms. The van der Waals surface area contributed by atoms with E-state index in [0.717, 1.165) is 30.7 Å². The van der Waals surface area contributed by atoms with Crippen molar-refractivity contribution in [2.45, 2.75) is 32.4 Å². The number of methoxy groups -OCH3 is 1. The Bertz CT molecular complexity index is 728. The number of likely N-dealkylation sites (N-methyl/N-ethyl adjacent to an activating group) is 1. The van der Waals surface area contributed by atoms with Gasteiger partial charge in [0, 0.05) is 36.6 Å². The summed E-state index contributed by atoms with van der Waals surface area (Å²) < 4.78 is 5.39. The van der Waals surface area contributed by atoms with Crippen LogP contribution in [0, 0.1) is 0 Å². The maximum atomic E-state index is 12.8. The predicted octanol–water partition coefficient (Wildman–Crippen LogP) is 3.72. The number of nitrogens with zero attached hydrogens (tertiary/aromatic N) is 2. The lowest BCUT2D eigenvalue weighted by atomic mass is 9.98. The molecule has 0 spiro atoms. The molecule has 134 valence electrons. The largest absolute Gasteiger partial charge is 0.496 e. The van der Waals surface area contributed by atoms with Crippen molar-refractivity contribution in [2.24, 2.45) is 0 Å². The number of hydrogen-bond acceptors (Lipinski definition) is 4. The molecule has 3 rings (SSSR count). The lowest BCUT2D eigenvalue weighted by molar-refractivity contribution is -0.132. The summed E-state index contributed by atoms with van der Waals surface area (Å²) >= 11 is 1.84. The second-order valence-corrected chi connectivity index (χ2v) is 7.51. The van der Waals surface area contributed by atoms with Gasteiger partial charge in [-0.3, -0.25) is 9.69 Å². The Morgan fingerprint density at radius 2 is 2.16 bits per heavy atom. The Kier molecular flexibility index (Phi) is 5.76. The van der Waals surface area contributed by atoms with Crippen molar-refractivity contribution in [1.82, 2.24) is 9.80 Å². The zero-order valence-corrected chi connectivity index (χ0v) is 16.0. The van der Waals surface area contributed by atoms with E-state index in [9.17, 15) is 4.79 Å². The lowest BCUT2D eigenvalue weighted by Crippen LogP contribution is -2.42. The summed E-state index contributed by atoms with van der Waals surface area (Å²) in [4.78, 5) is 18.4. The number of carbonyl (C=O) groups excluding carboxylic acids is 1. The van der Waals surface area contributed by atoms with Crippen molar-refractivity contribution in [3.63, 3.8) is 0 Å². The predicted molar refractivity (Wildman–Crippen MR) is 102 cm³/mol. The summed E-state index contributed by atoms with van der Waals surface area (Å²) in [7, 11) is 3.54. The van der Waals surface area contributed by atoms with Crippen molar-refractivity contribution in [2.75, 3.05) is 27.2 Å². The van der Waals surface area contributed by atoms with Gasteiger partial charge in [0.2, 0.25) is 5.91 Å². The van der Waals surface area contributed by atoms with Crippen LogP contribution in [0.25, 0.3) is 0 Å². The van der Waals surface area contributed by atoms with Gasteiger partial charge in [-0.05, 0) is 35.9 Å². The van der Waals surface area contributed by atoms with E-state index < -0.39 is 0 Å². The highest BCUT2D eigenvalue weighted by atomic mass is 32.1. The van der Waals surface area contributed by atoms with Gasteiger partial charge in [-0.25, -0.2) is 0 Å². The Morgan fingerprint density at radius 3 is 2.92 bits per heavy atom. The Morgan fingerprint density at radius 1 is 1.36 bits per heavy atom. The maximum absolute atomic E-state index is 12.8. The van der Waals surface area contributed by atoms with E-state index in [1.54, 1.807) is 12.0 Å². The van der Waals surface area contributed by atoms with Crippen molar-refractivity contribution < 1.29 is 9.53 Å². The highest BCUT2D eigenvalue weighted by Gasteiger charge is 2.29. The van der Waals surface area contributed by atoms with Crippen LogP contribution in [-0.2, 0) is 17.8 Å². The van der Waals surface area contributed by atoms with Gasteiger partial charge in [-0.2, -0.15) is 0 Å². The fourth-order valence-corrected chi connectivity index (χ4v) is 4.52. The molecule has 25 heavy (non-hydrogen) atoms. The van der Waals surface area contributed by atoms with E-state index >= 15 is 0 Å². The van der Waals surface area contributed by atoms with Gasteiger partial charge in [0.1, 0.15) is 5.75 Å². The minimum absolute atomic E-state index is 0.156. The van der Waals surface area contributed by atoms with Crippen LogP contribution in [0.15, 0.2) is 35.7 Å². The molecule has 0 fully saturated rings. The molecule has 0 N–H and O–H groups in total. The summed E-state index contributed by atoms with van der Waals surface area (Å²) in [6, 6.07) is 10.5. The van der Waals surface area contributed by atoms with Crippen molar-refractivity contribution in [1.29, 1.82) is 0 Å². The first-order valence-electron chi connectivity index (χ1n) is 8.80. The van der Waals surface area contributed by atoms with Gasteiger partial charge in [0.25, 0.3) is 0 Å². The van der Waals surface area contributed by atoms with Crippen LogP contribution in [0.4, 0.5) is 0 Å². The number of ether oxygens (including phenoxy) is 1. The molecule has 1 aromatic carbocycles. The standard InChI is InChI=1S/C20H26N2O2S/c1-4-17-16-10-12-25-19(16)9-11-22(17)14-20(23)21(2)13-15-7-5-6-8-18(15)24-3/h5-8,10,12,17H,4,9,11,13-14H2,1-3H3. The van der Waals surface area contributed by atoms with Crippen molar-refractivity contribution in [3.05, 3.63) is 51.7 Å². The zero-order chi connectivity index (χ0) is 17.8. The van der Waals surface area contributed by atoms with Gasteiger partial charge in [0.05, 0.1) is 13.7 Å². The lowest BCUT2D eigenvalue weighted by Gasteiger charge is -2.35. The van der Waals surface area contributed by atoms with Crippen LogP contribution in [0.5, 0.6) is 5.75 Å². The zero-order valence-electron chi connectivity index (χ0n) is 15.2. The molecule has 2 aromatic rings. The van der Waals surface area contributed by atoms with E-state index in [0.29, 0.717) is 19.1 Å². The number of hydrogen-bond donors (Lipinski definition) is 0. The first-order chi connectivity index (χ1) is 12.1. The molecule has 2 heterocycles. The average molecular weight is 359 g/mol. The van der Waals surface area contributed by atoms with E-state index in [1.807, 2.05) is 42.6 Å². The van der Waals surface area contributed by atoms with E-state index in [4.69, 9.17) is 4.74 Å². The third kappa shape index (κ3) is 3.88. The third-order valence-electron chi connectivity index (χ3n) is 4.96. The molecular formula is C20H26N2O2S. The minimum Gasteiger partial charge on any atom is -0.496 e. The molecule has 0 saturated heterocycles. The second-order valence-electron chi connectivity index (χ2n) is 6.51. The normalized spacial score (nSPS) is 17.2. The van der Waals surface area contributed by atoms with E-state index in [1.165, 1.54) is 10.4 Å². The van der Waals surface area contributed by atoms with E-state index in [2.05, 4.69) is 23.3 Å². The smallest absolute Gasteiger partial charge is 0.236 e. The number of amides is 1. The fourth-order valence-electron chi connectivity index (χ4n) is 3.59. The van der Waals surface area contributed by atoms with Gasteiger partial charge < -0.3 is 9.64 Å². The molecule has 1 aromatic heterocycles. The van der Waals surface area contributed by atoms with Crippen LogP contribution in [0.3, 0.4) is 0 Å². The second kappa shape index (κ2) is 8.02. The molecule has 1 amide bonds. The number of rotatable bonds is 6. The van der Waals surface area contributed by atoms with Crippen LogP contribution in [0.1, 0.15) is 35.4 Å². The van der Waals surface area contributed by atoms with Gasteiger partial charge in [-0.1, -0.05) is 25.1 Å². The average Bonchev–Trinajstić information content (AvgIpc) is 3.10. The molecular weight excluding hydrogens is 332 g/mol. The highest BCUT2D eigenvalue weighted by molar-refractivity contribution is 7.10. The fraction of sp³-hybridized carbons (Fsp3) is 0.450. The molecule has 4 nitrogen and oxygen atoms in total. The topological polar surface area (TPSA) is 32.8 Å². The summed E-state index contributed by atoms with van der Waals surface area (Å²) in [5.74, 6) is 0.984. The van der Waals surface area contributed by atoms with Crippen LogP contribution in [-0.4, -0.2) is 43.0 Å². The maximum Gasteiger partial charge on any atom is 0.236 e. The summed E-state index contributed by atoms with van der Waals surface area (Å²) in [5.41, 5.74) is 2.45. The van der Waals surface area contributed by atoms with Crippen LogP contribution >= 0.6 is 11.3 Å². The number of benzene rings is 1. The molecule has 1 aliphatic heterocycles. The monoisotopic (exact) mass is 358 g/mol. The minimum atomic E-state index is 0.156. The molecule has 1 atom stereocenters. The SMILES string of the molecule is CCC1c2ccsc2CCN1CC(=O)N(C)Cc1ccccc1OC. The number of fused-ring (bicyclic) bond motifs is 1. The van der Waals surface area contributed by atoms with E-state index in [-0.39, 0.29) is 5.91 Å². The first-order valence-corrected chi connectivity index (χ1v) is 9.68. The Balaban J connectivity index is 1.65. The number of para-hydroxylation sites is 1. The number of carbonyl (C=O) groups is 1. The molecule has 1 aliphatic rings. The number of thiophene rings is 1. The molecule has 0 radical (unpaired) electrons. The summed E-state index contributed by atoms with van der Waals surface area (Å²) in [5, 5.41) is 2.17. The van der Waals surface area contributed by atoms with Crippen LogP contribution < -0.4 is 4.74 Å². The summed E-state index contributed by atoms with van der Waals surface area (Å²) in [6.07, 6.45) is 2.08. The van der Waals surface area contributed by atoms with Crippen molar-refractivity contribution >= 4 is 17.2 Å². The molecule has 0 saturated carbocycles. The molecule has 0 aliphatic carbocycles. The highest BCUT2D eigenvalue weighted by Crippen LogP contribution is 2.35. The van der Waals surface area contributed by atoms with Gasteiger partial charge in [-0.15, -0.1) is 11.3 Å². The summed E-state index contributed by atoms with van der Waals surface area (Å²) in [6.45, 7) is 4.20. The quantitative estimate of drug-likeness (QED) is 0.789. The van der Waals surface area contributed by atoms with Crippen LogP contribution in [0.2, 0.25) is 0 Å². The Hall–Kier alpha value is -1.85. The van der Waals surface area contributed by atoms with Crippen molar-refractivity contribution in [3.8, 4) is 5.75 Å². The first kappa shape index (κ1) is 18.0.